The van der Waals surface area contributed by atoms with Crippen molar-refractivity contribution in [1.29, 1.82) is 0 Å². The van der Waals surface area contributed by atoms with Crippen LogP contribution in [-0.4, -0.2) is 59.2 Å². The van der Waals surface area contributed by atoms with Crippen molar-refractivity contribution in [2.24, 2.45) is 0 Å². The first-order valence-corrected chi connectivity index (χ1v) is 11.5. The molecule has 2 heterocycles. The van der Waals surface area contributed by atoms with Gasteiger partial charge >= 0.3 is 0 Å². The van der Waals surface area contributed by atoms with E-state index in [9.17, 15) is 14.0 Å². The fourth-order valence-electron chi connectivity index (χ4n) is 4.21. The standard InChI is InChI=1S/C26H29FN4O3/c1-3-20-16-21(28-29-25(20)32)13-18-7-8-24(27)23(15-18)26(33)31-11-9-30(10-12-31)17-19-5-4-6-22(14-19)34-2/h4-8,14-16H,3,9-13,17H2,1-2H3,(H,29,32). The van der Waals surface area contributed by atoms with Gasteiger partial charge < -0.3 is 9.64 Å². The van der Waals surface area contributed by atoms with Gasteiger partial charge in [0.15, 0.2) is 0 Å². The molecular weight excluding hydrogens is 435 g/mol. The van der Waals surface area contributed by atoms with Gasteiger partial charge in [0, 0.05) is 44.7 Å². The molecule has 1 fully saturated rings. The van der Waals surface area contributed by atoms with Crippen LogP contribution in [0.15, 0.2) is 53.3 Å². The number of hydrogen-bond acceptors (Lipinski definition) is 5. The Labute approximate surface area is 198 Å². The van der Waals surface area contributed by atoms with Crippen molar-refractivity contribution in [3.8, 4) is 5.75 Å². The quantitative estimate of drug-likeness (QED) is 0.582. The van der Waals surface area contributed by atoms with Gasteiger partial charge in [-0.25, -0.2) is 9.49 Å². The molecule has 3 aromatic rings. The van der Waals surface area contributed by atoms with E-state index in [2.05, 4.69) is 21.2 Å². The van der Waals surface area contributed by atoms with Crippen molar-refractivity contribution in [3.63, 3.8) is 0 Å². The fourth-order valence-corrected chi connectivity index (χ4v) is 4.21. The molecule has 1 aliphatic rings. The van der Waals surface area contributed by atoms with Crippen LogP contribution in [-0.2, 0) is 19.4 Å². The van der Waals surface area contributed by atoms with E-state index in [0.717, 1.165) is 23.4 Å². The second-order valence-corrected chi connectivity index (χ2v) is 8.48. The molecule has 1 amide bonds. The molecular formula is C26H29FN4O3. The summed E-state index contributed by atoms with van der Waals surface area (Å²) in [7, 11) is 1.65. The summed E-state index contributed by atoms with van der Waals surface area (Å²) in [4.78, 5) is 28.8. The van der Waals surface area contributed by atoms with Crippen LogP contribution in [0.4, 0.5) is 4.39 Å². The van der Waals surface area contributed by atoms with Crippen LogP contribution in [0, 0.1) is 5.82 Å². The predicted molar refractivity (Wildman–Crippen MR) is 128 cm³/mol. The monoisotopic (exact) mass is 464 g/mol. The number of carbonyl (C=O) groups excluding carboxylic acids is 1. The second-order valence-electron chi connectivity index (χ2n) is 8.48. The molecule has 178 valence electrons. The molecule has 0 atom stereocenters. The van der Waals surface area contributed by atoms with Gasteiger partial charge in [0.25, 0.3) is 11.5 Å². The SMILES string of the molecule is CCc1cc(Cc2ccc(F)c(C(=O)N3CCN(Cc4cccc(OC)c4)CC3)c2)n[nH]c1=O. The zero-order valence-electron chi connectivity index (χ0n) is 19.5. The van der Waals surface area contributed by atoms with Crippen LogP contribution < -0.4 is 10.3 Å². The van der Waals surface area contributed by atoms with Crippen LogP contribution in [0.3, 0.4) is 0 Å². The molecule has 0 spiro atoms. The second kappa shape index (κ2) is 10.6. The minimum atomic E-state index is -0.531. The molecule has 8 heteroatoms. The molecule has 1 aliphatic heterocycles. The Morgan fingerprint density at radius 1 is 1.09 bits per heavy atom. The minimum Gasteiger partial charge on any atom is -0.497 e. The Bertz CT molecular complexity index is 1220. The summed E-state index contributed by atoms with van der Waals surface area (Å²) < 4.78 is 19.9. The molecule has 0 unspecified atom stereocenters. The highest BCUT2D eigenvalue weighted by molar-refractivity contribution is 5.94. The smallest absolute Gasteiger partial charge is 0.267 e. The average molecular weight is 465 g/mol. The Kier molecular flexibility index (Phi) is 7.37. The first kappa shape index (κ1) is 23.6. The Balaban J connectivity index is 1.40. The van der Waals surface area contributed by atoms with Crippen LogP contribution in [0.1, 0.15) is 39.7 Å². The maximum Gasteiger partial charge on any atom is 0.267 e. The van der Waals surface area contributed by atoms with Gasteiger partial charge in [-0.05, 0) is 47.9 Å². The first-order chi connectivity index (χ1) is 16.5. The van der Waals surface area contributed by atoms with Gasteiger partial charge in [-0.1, -0.05) is 25.1 Å². The molecule has 7 nitrogen and oxygen atoms in total. The lowest BCUT2D eigenvalue weighted by Crippen LogP contribution is -2.48. The van der Waals surface area contributed by atoms with E-state index in [-0.39, 0.29) is 17.0 Å². The van der Waals surface area contributed by atoms with Crippen LogP contribution in [0.25, 0.3) is 0 Å². The third-order valence-corrected chi connectivity index (χ3v) is 6.16. The van der Waals surface area contributed by atoms with Crippen LogP contribution >= 0.6 is 0 Å². The third-order valence-electron chi connectivity index (χ3n) is 6.16. The number of aromatic amines is 1. The molecule has 0 aliphatic carbocycles. The van der Waals surface area contributed by atoms with E-state index < -0.39 is 5.82 Å². The van der Waals surface area contributed by atoms with Crippen molar-refractivity contribution < 1.29 is 13.9 Å². The van der Waals surface area contributed by atoms with Gasteiger partial charge in [-0.3, -0.25) is 14.5 Å². The van der Waals surface area contributed by atoms with Gasteiger partial charge in [0.1, 0.15) is 11.6 Å². The molecule has 1 N–H and O–H groups in total. The van der Waals surface area contributed by atoms with Gasteiger partial charge in [0.2, 0.25) is 0 Å². The van der Waals surface area contributed by atoms with Crippen molar-refractivity contribution in [2.75, 3.05) is 33.3 Å². The van der Waals surface area contributed by atoms with E-state index in [0.29, 0.717) is 50.3 Å². The number of halogens is 1. The number of hydrogen-bond donors (Lipinski definition) is 1. The minimum absolute atomic E-state index is 0.0684. The molecule has 0 bridgehead atoms. The molecule has 34 heavy (non-hydrogen) atoms. The molecule has 2 aromatic carbocycles. The first-order valence-electron chi connectivity index (χ1n) is 11.5. The Morgan fingerprint density at radius 2 is 1.88 bits per heavy atom. The van der Waals surface area contributed by atoms with Gasteiger partial charge in [-0.2, -0.15) is 5.10 Å². The highest BCUT2D eigenvalue weighted by atomic mass is 19.1. The number of H-pyrrole nitrogens is 1. The van der Waals surface area contributed by atoms with E-state index >= 15 is 0 Å². The summed E-state index contributed by atoms with van der Waals surface area (Å²) in [5, 5.41) is 6.58. The van der Waals surface area contributed by atoms with E-state index in [1.807, 2.05) is 25.1 Å². The van der Waals surface area contributed by atoms with E-state index in [1.165, 1.54) is 6.07 Å². The maximum absolute atomic E-state index is 14.6. The zero-order valence-corrected chi connectivity index (χ0v) is 19.5. The molecule has 1 saturated heterocycles. The molecule has 4 rings (SSSR count). The number of aromatic nitrogens is 2. The summed E-state index contributed by atoms with van der Waals surface area (Å²) in [6, 6.07) is 14.3. The number of amides is 1. The van der Waals surface area contributed by atoms with Crippen molar-refractivity contribution in [3.05, 3.63) is 92.6 Å². The largest absolute Gasteiger partial charge is 0.497 e. The molecule has 0 saturated carbocycles. The maximum atomic E-state index is 14.6. The number of aryl methyl sites for hydroxylation is 1. The normalized spacial score (nSPS) is 14.3. The highest BCUT2D eigenvalue weighted by Gasteiger charge is 2.24. The average Bonchev–Trinajstić information content (AvgIpc) is 2.86. The Morgan fingerprint density at radius 3 is 2.62 bits per heavy atom. The number of piperazine rings is 1. The number of benzene rings is 2. The van der Waals surface area contributed by atoms with Crippen molar-refractivity contribution in [2.45, 2.75) is 26.3 Å². The number of nitrogens with one attached hydrogen (secondary N) is 1. The lowest BCUT2D eigenvalue weighted by molar-refractivity contribution is 0.0624. The number of methoxy groups -OCH3 is 1. The van der Waals surface area contributed by atoms with E-state index in [4.69, 9.17) is 4.74 Å². The molecule has 0 radical (unpaired) electrons. The summed E-state index contributed by atoms with van der Waals surface area (Å²) >= 11 is 0. The predicted octanol–water partition coefficient (Wildman–Crippen LogP) is 3.03. The number of carbonyl (C=O) groups is 1. The summed E-state index contributed by atoms with van der Waals surface area (Å²) in [5.41, 5.74) is 3.11. The summed E-state index contributed by atoms with van der Waals surface area (Å²) in [6.45, 7) is 5.17. The van der Waals surface area contributed by atoms with Crippen LogP contribution in [0.2, 0.25) is 0 Å². The summed E-state index contributed by atoms with van der Waals surface area (Å²) in [5.74, 6) is -0.00931. The number of nitrogens with zero attached hydrogens (tertiary/aromatic N) is 3. The topological polar surface area (TPSA) is 78.5 Å². The number of rotatable bonds is 7. The Hall–Kier alpha value is -3.52. The van der Waals surface area contributed by atoms with Crippen molar-refractivity contribution >= 4 is 5.91 Å². The fraction of sp³-hybridized carbons (Fsp3) is 0.346. The highest BCUT2D eigenvalue weighted by Crippen LogP contribution is 2.19. The lowest BCUT2D eigenvalue weighted by Gasteiger charge is -2.35. The summed E-state index contributed by atoms with van der Waals surface area (Å²) in [6.07, 6.45) is 1.00. The van der Waals surface area contributed by atoms with Crippen LogP contribution in [0.5, 0.6) is 5.75 Å². The lowest BCUT2D eigenvalue weighted by atomic mass is 10.0. The molecule has 1 aromatic heterocycles. The van der Waals surface area contributed by atoms with Gasteiger partial charge in [-0.15, -0.1) is 0 Å². The number of ether oxygens (including phenoxy) is 1. The van der Waals surface area contributed by atoms with E-state index in [1.54, 1.807) is 30.2 Å². The van der Waals surface area contributed by atoms with Gasteiger partial charge in [0.05, 0.1) is 18.4 Å². The zero-order chi connectivity index (χ0) is 24.1. The van der Waals surface area contributed by atoms with Crippen molar-refractivity contribution in [1.82, 2.24) is 20.0 Å². The third kappa shape index (κ3) is 5.51.